The van der Waals surface area contributed by atoms with Crippen LogP contribution in [0.5, 0.6) is 17.2 Å². The average Bonchev–Trinajstić information content (AvgIpc) is 2.95. The zero-order valence-corrected chi connectivity index (χ0v) is 25.0. The second-order valence-electron chi connectivity index (χ2n) is 9.86. The summed E-state index contributed by atoms with van der Waals surface area (Å²) < 4.78 is 22.1. The van der Waals surface area contributed by atoms with Crippen LogP contribution in [0.3, 0.4) is 0 Å². The fourth-order valence-electron chi connectivity index (χ4n) is 5.38. The minimum absolute atomic E-state index is 0.0157. The molecule has 2 aromatic rings. The number of ether oxygens (including phenoxy) is 4. The zero-order chi connectivity index (χ0) is 29.5. The summed E-state index contributed by atoms with van der Waals surface area (Å²) in [6.45, 7) is 7.67. The molecule has 0 radical (unpaired) electrons. The van der Waals surface area contributed by atoms with E-state index in [-0.39, 0.29) is 24.1 Å². The summed E-state index contributed by atoms with van der Waals surface area (Å²) >= 11 is 1.69. The molecule has 0 spiro atoms. The van der Waals surface area contributed by atoms with Gasteiger partial charge in [0.15, 0.2) is 17.3 Å². The summed E-state index contributed by atoms with van der Waals surface area (Å²) in [7, 11) is 1.62. The molecule has 2 aromatic carbocycles. The van der Waals surface area contributed by atoms with Crippen LogP contribution in [0.1, 0.15) is 63.5 Å². The minimum Gasteiger partial charge on any atom is -0.497 e. The smallest absolute Gasteiger partial charge is 0.336 e. The molecule has 41 heavy (non-hydrogen) atoms. The number of nitrogens with one attached hydrogen (secondary N) is 1. The number of ketones is 1. The topological polar surface area (TPSA) is 100 Å². The van der Waals surface area contributed by atoms with Crippen molar-refractivity contribution in [2.24, 2.45) is 0 Å². The van der Waals surface area contributed by atoms with Crippen LogP contribution >= 0.6 is 11.8 Å². The third-order valence-electron chi connectivity index (χ3n) is 7.15. The lowest BCUT2D eigenvalue weighted by molar-refractivity contribution is -0.138. The lowest BCUT2D eigenvalue weighted by atomic mass is 9.71. The first-order chi connectivity index (χ1) is 19.8. The van der Waals surface area contributed by atoms with Gasteiger partial charge in [0.2, 0.25) is 0 Å². The number of carbonyl (C=O) groups is 3. The molecule has 4 rings (SSSR count). The van der Waals surface area contributed by atoms with Gasteiger partial charge in [-0.1, -0.05) is 25.1 Å². The molecule has 1 heterocycles. The molecule has 0 amide bonds. The van der Waals surface area contributed by atoms with Crippen LogP contribution in [-0.4, -0.2) is 49.6 Å². The van der Waals surface area contributed by atoms with E-state index in [0.29, 0.717) is 53.4 Å². The van der Waals surface area contributed by atoms with Crippen molar-refractivity contribution in [3.8, 4) is 17.2 Å². The van der Waals surface area contributed by atoms with Gasteiger partial charge in [-0.2, -0.15) is 11.8 Å². The Bertz CT molecular complexity index is 1360. The molecule has 8 nitrogen and oxygen atoms in total. The van der Waals surface area contributed by atoms with Gasteiger partial charge in [0, 0.05) is 42.0 Å². The Hall–Kier alpha value is -3.72. The van der Waals surface area contributed by atoms with E-state index < -0.39 is 17.9 Å². The van der Waals surface area contributed by atoms with Crippen molar-refractivity contribution in [1.82, 2.24) is 5.32 Å². The van der Waals surface area contributed by atoms with Crippen molar-refractivity contribution in [3.05, 3.63) is 76.1 Å². The lowest BCUT2D eigenvalue weighted by Crippen LogP contribution is -2.36. The third kappa shape index (κ3) is 6.96. The maximum Gasteiger partial charge on any atom is 0.336 e. The van der Waals surface area contributed by atoms with Crippen LogP contribution in [0.25, 0.3) is 0 Å². The Labute approximate surface area is 245 Å². The summed E-state index contributed by atoms with van der Waals surface area (Å²) in [5.74, 6) is 1.38. The van der Waals surface area contributed by atoms with Crippen molar-refractivity contribution in [3.63, 3.8) is 0 Å². The maximum absolute atomic E-state index is 13.9. The highest BCUT2D eigenvalue weighted by Gasteiger charge is 2.41. The van der Waals surface area contributed by atoms with E-state index in [1.54, 1.807) is 37.1 Å². The van der Waals surface area contributed by atoms with E-state index in [1.807, 2.05) is 38.1 Å². The number of thioether (sulfide) groups is 1. The molecule has 2 aliphatic rings. The highest BCUT2D eigenvalue weighted by atomic mass is 32.2. The van der Waals surface area contributed by atoms with Crippen molar-refractivity contribution >= 4 is 29.5 Å². The van der Waals surface area contributed by atoms with E-state index in [0.717, 1.165) is 22.8 Å². The van der Waals surface area contributed by atoms with E-state index in [1.165, 1.54) is 6.92 Å². The SMILES string of the molecule is CCOc1cc([C@@H]2C(C(=O)OCCSCC)=C(C)NC3=C2C(=O)C[C@@H](c2ccc(OC)cc2)C3)ccc1OC(C)=O. The largest absolute Gasteiger partial charge is 0.497 e. The van der Waals surface area contributed by atoms with Gasteiger partial charge in [-0.25, -0.2) is 4.79 Å². The van der Waals surface area contributed by atoms with E-state index in [4.69, 9.17) is 18.9 Å². The first-order valence-electron chi connectivity index (χ1n) is 13.8. The van der Waals surface area contributed by atoms with Crippen LogP contribution in [-0.2, 0) is 19.1 Å². The molecule has 0 fully saturated rings. The second-order valence-corrected chi connectivity index (χ2v) is 11.2. The van der Waals surface area contributed by atoms with Gasteiger partial charge in [0.1, 0.15) is 12.4 Å². The van der Waals surface area contributed by atoms with Crippen molar-refractivity contribution in [2.45, 2.75) is 52.4 Å². The Morgan fingerprint density at radius 3 is 2.41 bits per heavy atom. The lowest BCUT2D eigenvalue weighted by Gasteiger charge is -2.37. The quantitative estimate of drug-likeness (QED) is 0.205. The van der Waals surface area contributed by atoms with Crippen molar-refractivity contribution < 1.29 is 33.3 Å². The molecule has 0 saturated carbocycles. The number of methoxy groups -OCH3 is 1. The molecule has 1 aliphatic carbocycles. The van der Waals surface area contributed by atoms with Gasteiger partial charge < -0.3 is 24.3 Å². The number of Topliss-reactive ketones (excluding diaryl/α,β-unsaturated/α-hetero) is 1. The summed E-state index contributed by atoms with van der Waals surface area (Å²) in [5.41, 5.74) is 4.12. The molecular weight excluding hydrogens is 542 g/mol. The third-order valence-corrected chi connectivity index (χ3v) is 8.02. The van der Waals surface area contributed by atoms with Gasteiger partial charge >= 0.3 is 11.9 Å². The highest BCUT2D eigenvalue weighted by molar-refractivity contribution is 7.99. The van der Waals surface area contributed by atoms with E-state index in [9.17, 15) is 14.4 Å². The van der Waals surface area contributed by atoms with Crippen LogP contribution in [0.15, 0.2) is 65.0 Å². The average molecular weight is 580 g/mol. The van der Waals surface area contributed by atoms with Gasteiger partial charge in [0.05, 0.1) is 19.3 Å². The minimum atomic E-state index is -0.660. The summed E-state index contributed by atoms with van der Waals surface area (Å²) in [6.07, 6.45) is 0.919. The summed E-state index contributed by atoms with van der Waals surface area (Å²) in [5, 5.41) is 3.39. The molecule has 0 aromatic heterocycles. The van der Waals surface area contributed by atoms with Crippen LogP contribution in [0.4, 0.5) is 0 Å². The van der Waals surface area contributed by atoms with E-state index >= 15 is 0 Å². The number of carbonyl (C=O) groups excluding carboxylic acids is 3. The first-order valence-corrected chi connectivity index (χ1v) is 15.0. The molecule has 1 N–H and O–H groups in total. The van der Waals surface area contributed by atoms with Gasteiger partial charge in [-0.3, -0.25) is 9.59 Å². The number of rotatable bonds is 11. The standard InChI is InChI=1S/C32H37NO7S/c1-6-38-28-18-22(10-13-27(28)40-20(4)34)30-29(32(36)39-14-15-41-7-2)19(3)33-25-16-23(17-26(35)31(25)30)21-8-11-24(37-5)12-9-21/h8-13,18,23,30,33H,6-7,14-17H2,1-5H3/t23-,30+/m0/s1. The summed E-state index contributed by atoms with van der Waals surface area (Å²) in [4.78, 5) is 39.1. The number of allylic oxidation sites excluding steroid dienone is 3. The van der Waals surface area contributed by atoms with Gasteiger partial charge in [-0.05, 0) is 67.3 Å². The highest BCUT2D eigenvalue weighted by Crippen LogP contribution is 2.47. The number of hydrogen-bond acceptors (Lipinski definition) is 9. The predicted molar refractivity (Wildman–Crippen MR) is 158 cm³/mol. The maximum atomic E-state index is 13.9. The van der Waals surface area contributed by atoms with Crippen molar-refractivity contribution in [1.29, 1.82) is 0 Å². The Morgan fingerprint density at radius 1 is 1.02 bits per heavy atom. The van der Waals surface area contributed by atoms with Crippen molar-refractivity contribution in [2.75, 3.05) is 31.8 Å². The number of hydrogen-bond donors (Lipinski definition) is 1. The Kier molecular flexibility index (Phi) is 10.2. The molecule has 0 bridgehead atoms. The Morgan fingerprint density at radius 2 is 1.76 bits per heavy atom. The monoisotopic (exact) mass is 579 g/mol. The molecular formula is C32H37NO7S. The molecule has 9 heteroatoms. The summed E-state index contributed by atoms with van der Waals surface area (Å²) in [6, 6.07) is 13.0. The molecule has 0 saturated heterocycles. The Balaban J connectivity index is 1.76. The van der Waals surface area contributed by atoms with E-state index in [2.05, 4.69) is 12.2 Å². The number of esters is 2. The fraction of sp³-hybridized carbons (Fsp3) is 0.406. The van der Waals surface area contributed by atoms with Gasteiger partial charge in [-0.15, -0.1) is 0 Å². The fourth-order valence-corrected chi connectivity index (χ4v) is 5.87. The first kappa shape index (κ1) is 30.2. The normalized spacial score (nSPS) is 18.4. The predicted octanol–water partition coefficient (Wildman–Crippen LogP) is 5.68. The zero-order valence-electron chi connectivity index (χ0n) is 24.2. The van der Waals surface area contributed by atoms with Crippen LogP contribution < -0.4 is 19.5 Å². The molecule has 218 valence electrons. The van der Waals surface area contributed by atoms with Crippen LogP contribution in [0, 0.1) is 0 Å². The number of dihydropyridines is 1. The molecule has 0 unspecified atom stereocenters. The van der Waals surface area contributed by atoms with Gasteiger partial charge in [0.25, 0.3) is 0 Å². The van der Waals surface area contributed by atoms with Crippen LogP contribution in [0.2, 0.25) is 0 Å². The number of benzene rings is 2. The molecule has 2 atom stereocenters. The molecule has 1 aliphatic heterocycles. The second kappa shape index (κ2) is 13.8.